The van der Waals surface area contributed by atoms with Crippen LogP contribution in [-0.2, 0) is 20.0 Å². The number of rotatable bonds is 8. The molecule has 0 radical (unpaired) electrons. The number of urea groups is 1. The van der Waals surface area contributed by atoms with Gasteiger partial charge in [0.2, 0.25) is 5.89 Å². The average Bonchev–Trinajstić information content (AvgIpc) is 3.15. The summed E-state index contributed by atoms with van der Waals surface area (Å²) < 4.78 is 15.6. The second kappa shape index (κ2) is 10.1. The van der Waals surface area contributed by atoms with Gasteiger partial charge in [0.1, 0.15) is 6.61 Å². The van der Waals surface area contributed by atoms with Crippen LogP contribution in [0.4, 0.5) is 4.79 Å². The number of thioether (sulfide) groups is 1. The first-order valence-corrected chi connectivity index (χ1v) is 10.5. The Morgan fingerprint density at radius 3 is 2.71 bits per heavy atom. The average molecular weight is 446 g/mol. The molecule has 1 aliphatic rings. The molecule has 10 nitrogen and oxygen atoms in total. The van der Waals surface area contributed by atoms with Gasteiger partial charge >= 0.3 is 18.0 Å². The maximum absolute atomic E-state index is 12.7. The van der Waals surface area contributed by atoms with E-state index in [-0.39, 0.29) is 24.5 Å². The van der Waals surface area contributed by atoms with E-state index in [1.54, 1.807) is 45.0 Å². The van der Waals surface area contributed by atoms with Gasteiger partial charge in [-0.25, -0.2) is 14.4 Å². The van der Waals surface area contributed by atoms with Crippen molar-refractivity contribution < 1.29 is 28.4 Å². The SMILES string of the molecule is CCOC(=O)C1=C(COC(=O)c2ccccc2SCc2nc(C)no2)NC(=O)NC1C. The van der Waals surface area contributed by atoms with Crippen molar-refractivity contribution in [3.05, 3.63) is 52.8 Å². The highest BCUT2D eigenvalue weighted by Crippen LogP contribution is 2.26. The Kier molecular flexibility index (Phi) is 7.29. The van der Waals surface area contributed by atoms with Gasteiger partial charge < -0.3 is 24.6 Å². The standard InChI is InChI=1S/C20H22N4O6S/c1-4-28-19(26)17-11(2)21-20(27)23-14(17)9-29-18(25)13-7-5-6-8-15(13)31-10-16-22-12(3)24-30-16/h5-8,11H,4,9-10H2,1-3H3,(H2,21,23,27). The molecule has 0 saturated carbocycles. The van der Waals surface area contributed by atoms with Crippen LogP contribution in [0.25, 0.3) is 0 Å². The lowest BCUT2D eigenvalue weighted by Crippen LogP contribution is -2.50. The van der Waals surface area contributed by atoms with Crippen LogP contribution in [0.2, 0.25) is 0 Å². The van der Waals surface area contributed by atoms with Crippen molar-refractivity contribution in [3.63, 3.8) is 0 Å². The van der Waals surface area contributed by atoms with Crippen LogP contribution in [-0.4, -0.2) is 47.4 Å². The maximum atomic E-state index is 12.7. The predicted octanol–water partition coefficient (Wildman–Crippen LogP) is 2.35. The third-order valence-electron chi connectivity index (χ3n) is 4.24. The number of hydrogen-bond donors (Lipinski definition) is 2. The number of nitrogens with zero attached hydrogens (tertiary/aromatic N) is 2. The van der Waals surface area contributed by atoms with E-state index in [1.165, 1.54) is 11.8 Å². The highest BCUT2D eigenvalue weighted by atomic mass is 32.2. The molecule has 1 atom stereocenters. The first-order valence-electron chi connectivity index (χ1n) is 9.54. The van der Waals surface area contributed by atoms with E-state index in [0.717, 1.165) is 0 Å². The van der Waals surface area contributed by atoms with Crippen LogP contribution in [0.15, 0.2) is 45.0 Å². The molecule has 0 bridgehead atoms. The summed E-state index contributed by atoms with van der Waals surface area (Å²) in [5.41, 5.74) is 0.744. The number of aromatic nitrogens is 2. The normalized spacial score (nSPS) is 15.8. The Morgan fingerprint density at radius 2 is 2.00 bits per heavy atom. The van der Waals surface area contributed by atoms with E-state index >= 15 is 0 Å². The molecule has 3 rings (SSSR count). The molecule has 0 fully saturated rings. The van der Waals surface area contributed by atoms with Crippen LogP contribution in [0, 0.1) is 6.92 Å². The van der Waals surface area contributed by atoms with Gasteiger partial charge in [-0.05, 0) is 32.9 Å². The van der Waals surface area contributed by atoms with Gasteiger partial charge in [0, 0.05) is 4.90 Å². The fraction of sp³-hybridized carbons (Fsp3) is 0.350. The Labute approximate surface area is 182 Å². The van der Waals surface area contributed by atoms with Crippen molar-refractivity contribution in [2.24, 2.45) is 0 Å². The molecule has 31 heavy (non-hydrogen) atoms. The molecule has 0 spiro atoms. The van der Waals surface area contributed by atoms with Crippen molar-refractivity contribution >= 4 is 29.7 Å². The fourth-order valence-corrected chi connectivity index (χ4v) is 3.79. The number of aryl methyl sites for hydroxylation is 1. The minimum absolute atomic E-state index is 0.181. The van der Waals surface area contributed by atoms with E-state index in [1.807, 2.05) is 0 Å². The summed E-state index contributed by atoms with van der Waals surface area (Å²) >= 11 is 1.35. The van der Waals surface area contributed by atoms with Gasteiger partial charge in [-0.1, -0.05) is 17.3 Å². The summed E-state index contributed by atoms with van der Waals surface area (Å²) in [6.45, 7) is 4.95. The quantitative estimate of drug-likeness (QED) is 0.463. The molecule has 2 aromatic rings. The highest BCUT2D eigenvalue weighted by molar-refractivity contribution is 7.98. The molecule has 0 aliphatic carbocycles. The molecule has 1 aromatic carbocycles. The summed E-state index contributed by atoms with van der Waals surface area (Å²) in [5.74, 6) is 0.191. The Bertz CT molecular complexity index is 1020. The molecule has 1 aliphatic heterocycles. The number of ether oxygens (including phenoxy) is 2. The lowest BCUT2D eigenvalue weighted by atomic mass is 10.0. The van der Waals surface area contributed by atoms with Crippen LogP contribution < -0.4 is 10.6 Å². The number of carbonyl (C=O) groups excluding carboxylic acids is 3. The fourth-order valence-electron chi connectivity index (χ4n) is 2.91. The summed E-state index contributed by atoms with van der Waals surface area (Å²) in [6.07, 6.45) is 0. The zero-order valence-electron chi connectivity index (χ0n) is 17.3. The van der Waals surface area contributed by atoms with Crippen molar-refractivity contribution in [1.29, 1.82) is 0 Å². The van der Waals surface area contributed by atoms with Gasteiger partial charge in [-0.15, -0.1) is 11.8 Å². The summed E-state index contributed by atoms with van der Waals surface area (Å²) in [4.78, 5) is 41.7. The van der Waals surface area contributed by atoms with Crippen LogP contribution in [0.3, 0.4) is 0 Å². The van der Waals surface area contributed by atoms with Gasteiger partial charge in [0.15, 0.2) is 5.82 Å². The predicted molar refractivity (Wildman–Crippen MR) is 110 cm³/mol. The van der Waals surface area contributed by atoms with E-state index in [9.17, 15) is 14.4 Å². The van der Waals surface area contributed by atoms with Crippen molar-refractivity contribution in [2.75, 3.05) is 13.2 Å². The van der Waals surface area contributed by atoms with Gasteiger partial charge in [-0.3, -0.25) is 0 Å². The molecule has 2 amide bonds. The third kappa shape index (κ3) is 5.63. The van der Waals surface area contributed by atoms with E-state index in [0.29, 0.717) is 27.9 Å². The first-order chi connectivity index (χ1) is 14.9. The molecule has 1 unspecified atom stereocenters. The van der Waals surface area contributed by atoms with E-state index < -0.39 is 24.0 Å². The monoisotopic (exact) mass is 446 g/mol. The summed E-state index contributed by atoms with van der Waals surface area (Å²) in [7, 11) is 0. The van der Waals surface area contributed by atoms with Gasteiger partial charge in [-0.2, -0.15) is 4.98 Å². The van der Waals surface area contributed by atoms with Crippen LogP contribution >= 0.6 is 11.8 Å². The van der Waals surface area contributed by atoms with Gasteiger partial charge in [0.05, 0.1) is 35.2 Å². The highest BCUT2D eigenvalue weighted by Gasteiger charge is 2.30. The topological polar surface area (TPSA) is 133 Å². The van der Waals surface area contributed by atoms with Crippen LogP contribution in [0.5, 0.6) is 0 Å². The Balaban J connectivity index is 1.72. The summed E-state index contributed by atoms with van der Waals surface area (Å²) in [6, 6.07) is 5.86. The third-order valence-corrected chi connectivity index (χ3v) is 5.30. The second-order valence-electron chi connectivity index (χ2n) is 6.53. The number of amides is 2. The maximum Gasteiger partial charge on any atom is 0.339 e. The van der Waals surface area contributed by atoms with E-state index in [4.69, 9.17) is 14.0 Å². The van der Waals surface area contributed by atoms with E-state index in [2.05, 4.69) is 20.8 Å². The van der Waals surface area contributed by atoms with Crippen molar-refractivity contribution in [3.8, 4) is 0 Å². The van der Waals surface area contributed by atoms with Crippen molar-refractivity contribution in [2.45, 2.75) is 37.5 Å². The number of benzene rings is 1. The zero-order chi connectivity index (χ0) is 22.4. The van der Waals surface area contributed by atoms with Crippen molar-refractivity contribution in [1.82, 2.24) is 20.8 Å². The number of carbonyl (C=O) groups is 3. The molecular formula is C20H22N4O6S. The summed E-state index contributed by atoms with van der Waals surface area (Å²) in [5, 5.41) is 8.85. The smallest absolute Gasteiger partial charge is 0.339 e. The molecule has 11 heteroatoms. The lowest BCUT2D eigenvalue weighted by molar-refractivity contribution is -0.139. The molecule has 164 valence electrons. The first kappa shape index (κ1) is 22.3. The minimum Gasteiger partial charge on any atom is -0.463 e. The molecule has 2 N–H and O–H groups in total. The molecule has 0 saturated heterocycles. The zero-order valence-corrected chi connectivity index (χ0v) is 18.1. The Hall–Kier alpha value is -3.34. The molecule has 2 heterocycles. The number of nitrogens with one attached hydrogen (secondary N) is 2. The largest absolute Gasteiger partial charge is 0.463 e. The van der Waals surface area contributed by atoms with Crippen LogP contribution in [0.1, 0.15) is 35.9 Å². The minimum atomic E-state index is -0.596. The number of esters is 2. The lowest BCUT2D eigenvalue weighted by Gasteiger charge is -2.26. The second-order valence-corrected chi connectivity index (χ2v) is 7.55. The number of hydrogen-bond acceptors (Lipinski definition) is 9. The molecule has 1 aromatic heterocycles. The Morgan fingerprint density at radius 1 is 1.23 bits per heavy atom. The molecular weight excluding hydrogens is 424 g/mol. The van der Waals surface area contributed by atoms with Gasteiger partial charge in [0.25, 0.3) is 0 Å².